The Kier molecular flexibility index (Phi) is 4.99. The van der Waals surface area contributed by atoms with Crippen molar-refractivity contribution in [2.45, 2.75) is 32.6 Å². The molecule has 26 heavy (non-hydrogen) atoms. The lowest BCUT2D eigenvalue weighted by atomic mass is 10.1. The summed E-state index contributed by atoms with van der Waals surface area (Å²) in [4.78, 5) is 23.8. The fourth-order valence-electron chi connectivity index (χ4n) is 3.30. The first-order valence-corrected chi connectivity index (χ1v) is 9.79. The topological polar surface area (TPSA) is 71.9 Å². The minimum absolute atomic E-state index is 0.217. The lowest BCUT2D eigenvalue weighted by Crippen LogP contribution is -2.35. The lowest BCUT2D eigenvalue weighted by Gasteiger charge is -2.25. The quantitative estimate of drug-likeness (QED) is 0.690. The molecule has 1 aliphatic heterocycles. The van der Waals surface area contributed by atoms with Gasteiger partial charge in [-0.3, -0.25) is 14.7 Å². The summed E-state index contributed by atoms with van der Waals surface area (Å²) in [5.74, 6) is 0.217. The van der Waals surface area contributed by atoms with Crippen molar-refractivity contribution in [1.29, 1.82) is 0 Å². The molecule has 0 aliphatic carbocycles. The second-order valence-corrected chi connectivity index (χ2v) is 7.92. The monoisotopic (exact) mass is 367 g/mol. The summed E-state index contributed by atoms with van der Waals surface area (Å²) in [7, 11) is 0. The van der Waals surface area contributed by atoms with E-state index in [2.05, 4.69) is 25.1 Å². The number of ketones is 1. The van der Waals surface area contributed by atoms with E-state index in [1.54, 1.807) is 6.20 Å². The molecule has 0 radical (unpaired) electrons. The molecule has 1 aliphatic rings. The van der Waals surface area contributed by atoms with Gasteiger partial charge in [0.05, 0.1) is 18.5 Å². The van der Waals surface area contributed by atoms with Crippen LogP contribution < -0.4 is 0 Å². The van der Waals surface area contributed by atoms with E-state index in [1.165, 1.54) is 30.6 Å². The van der Waals surface area contributed by atoms with Gasteiger partial charge in [0.2, 0.25) is 0 Å². The van der Waals surface area contributed by atoms with Crippen LogP contribution in [-0.2, 0) is 11.2 Å². The van der Waals surface area contributed by atoms with Gasteiger partial charge in [-0.25, -0.2) is 4.98 Å². The first-order chi connectivity index (χ1) is 12.7. The second kappa shape index (κ2) is 7.55. The number of piperidine rings is 1. The van der Waals surface area contributed by atoms with E-state index in [4.69, 9.17) is 0 Å². The standard InChI is InChI=1S/C19H21N5OS/c1-13-22-23-19(26-13)17-6-5-14-11-20-15(10-18(14)21-17)9-16(25)12-24-7-3-2-4-8-24/h5-6,10-11H,2-4,7-9,12H2,1H3. The minimum Gasteiger partial charge on any atom is -0.298 e. The number of rotatable bonds is 5. The van der Waals surface area contributed by atoms with E-state index in [-0.39, 0.29) is 5.78 Å². The summed E-state index contributed by atoms with van der Waals surface area (Å²) < 4.78 is 0. The number of hydrogen-bond acceptors (Lipinski definition) is 7. The summed E-state index contributed by atoms with van der Waals surface area (Å²) >= 11 is 1.52. The Hall–Kier alpha value is -2.25. The zero-order valence-corrected chi connectivity index (χ0v) is 15.6. The summed E-state index contributed by atoms with van der Waals surface area (Å²) in [6, 6.07) is 5.84. The molecule has 0 bridgehead atoms. The van der Waals surface area contributed by atoms with Crippen LogP contribution in [0.3, 0.4) is 0 Å². The molecule has 0 spiro atoms. The maximum atomic E-state index is 12.4. The van der Waals surface area contributed by atoms with E-state index in [0.29, 0.717) is 13.0 Å². The van der Waals surface area contributed by atoms with Gasteiger partial charge in [0, 0.05) is 17.3 Å². The molecule has 3 aromatic heterocycles. The van der Waals surface area contributed by atoms with Crippen LogP contribution in [0.1, 0.15) is 30.0 Å². The van der Waals surface area contributed by atoms with Crippen LogP contribution in [0, 0.1) is 6.92 Å². The molecule has 0 atom stereocenters. The third kappa shape index (κ3) is 3.94. The summed E-state index contributed by atoms with van der Waals surface area (Å²) in [5, 5.41) is 10.9. The lowest BCUT2D eigenvalue weighted by molar-refractivity contribution is -0.119. The van der Waals surface area contributed by atoms with Crippen molar-refractivity contribution in [2.24, 2.45) is 0 Å². The molecular weight excluding hydrogens is 346 g/mol. The Bertz CT molecular complexity index is 933. The van der Waals surface area contributed by atoms with Crippen LogP contribution in [0.15, 0.2) is 24.4 Å². The number of hydrogen-bond donors (Lipinski definition) is 0. The van der Waals surface area contributed by atoms with Crippen molar-refractivity contribution in [3.8, 4) is 10.7 Å². The fourth-order valence-corrected chi connectivity index (χ4v) is 3.96. The fraction of sp³-hybridized carbons (Fsp3) is 0.421. The molecule has 3 aromatic rings. The van der Waals surface area contributed by atoms with E-state index in [1.807, 2.05) is 25.1 Å². The van der Waals surface area contributed by atoms with E-state index >= 15 is 0 Å². The van der Waals surface area contributed by atoms with Crippen molar-refractivity contribution in [3.05, 3.63) is 35.1 Å². The number of likely N-dealkylation sites (tertiary alicyclic amines) is 1. The van der Waals surface area contributed by atoms with Crippen molar-refractivity contribution >= 4 is 28.0 Å². The first kappa shape index (κ1) is 17.2. The van der Waals surface area contributed by atoms with Gasteiger partial charge in [-0.05, 0) is 51.1 Å². The highest BCUT2D eigenvalue weighted by Crippen LogP contribution is 2.24. The normalized spacial score (nSPS) is 15.4. The highest BCUT2D eigenvalue weighted by atomic mass is 32.1. The minimum atomic E-state index is 0.217. The van der Waals surface area contributed by atoms with E-state index in [9.17, 15) is 4.79 Å². The van der Waals surface area contributed by atoms with E-state index < -0.39 is 0 Å². The van der Waals surface area contributed by atoms with Gasteiger partial charge in [0.1, 0.15) is 10.7 Å². The molecule has 134 valence electrons. The Labute approximate surface area is 156 Å². The van der Waals surface area contributed by atoms with Gasteiger partial charge in [-0.2, -0.15) is 0 Å². The Morgan fingerprint density at radius 1 is 1.19 bits per heavy atom. The van der Waals surface area contributed by atoms with Crippen LogP contribution >= 0.6 is 11.3 Å². The van der Waals surface area contributed by atoms with E-state index in [0.717, 1.165) is 45.4 Å². The molecule has 7 heteroatoms. The highest BCUT2D eigenvalue weighted by molar-refractivity contribution is 7.14. The predicted molar refractivity (Wildman–Crippen MR) is 102 cm³/mol. The third-order valence-corrected chi connectivity index (χ3v) is 5.46. The van der Waals surface area contributed by atoms with Crippen molar-refractivity contribution in [2.75, 3.05) is 19.6 Å². The zero-order chi connectivity index (χ0) is 17.9. The average molecular weight is 367 g/mol. The molecule has 0 amide bonds. The largest absolute Gasteiger partial charge is 0.298 e. The number of nitrogens with zero attached hydrogens (tertiary/aromatic N) is 5. The maximum Gasteiger partial charge on any atom is 0.166 e. The van der Waals surface area contributed by atoms with Crippen LogP contribution in [0.5, 0.6) is 0 Å². The number of pyridine rings is 2. The van der Waals surface area contributed by atoms with Crippen LogP contribution in [0.4, 0.5) is 0 Å². The molecule has 0 aromatic carbocycles. The second-order valence-electron chi connectivity index (χ2n) is 6.74. The number of carbonyl (C=O) groups is 1. The number of aryl methyl sites for hydroxylation is 1. The van der Waals surface area contributed by atoms with Crippen molar-refractivity contribution < 1.29 is 4.79 Å². The van der Waals surface area contributed by atoms with Crippen LogP contribution in [0.2, 0.25) is 0 Å². The number of aromatic nitrogens is 4. The number of Topliss-reactive ketones (excluding diaryl/α,β-unsaturated/α-hetero) is 1. The maximum absolute atomic E-state index is 12.4. The van der Waals surface area contributed by atoms with Crippen LogP contribution in [0.25, 0.3) is 21.6 Å². The highest BCUT2D eigenvalue weighted by Gasteiger charge is 2.15. The Morgan fingerprint density at radius 3 is 2.81 bits per heavy atom. The first-order valence-electron chi connectivity index (χ1n) is 8.97. The molecule has 0 saturated carbocycles. The molecule has 4 heterocycles. The molecule has 0 N–H and O–H groups in total. The third-order valence-electron chi connectivity index (χ3n) is 4.60. The Morgan fingerprint density at radius 2 is 2.04 bits per heavy atom. The smallest absolute Gasteiger partial charge is 0.166 e. The SMILES string of the molecule is Cc1nnc(-c2ccc3cnc(CC(=O)CN4CCCCC4)cc3n2)s1. The van der Waals surface area contributed by atoms with Gasteiger partial charge in [0.25, 0.3) is 0 Å². The molecule has 6 nitrogen and oxygen atoms in total. The van der Waals surface area contributed by atoms with Gasteiger partial charge < -0.3 is 0 Å². The summed E-state index contributed by atoms with van der Waals surface area (Å²) in [6.07, 6.45) is 5.81. The summed E-state index contributed by atoms with van der Waals surface area (Å²) in [6.45, 7) is 4.52. The predicted octanol–water partition coefficient (Wildman–Crippen LogP) is 3.05. The van der Waals surface area contributed by atoms with Crippen LogP contribution in [-0.4, -0.2) is 50.5 Å². The molecule has 4 rings (SSSR count). The van der Waals surface area contributed by atoms with Crippen molar-refractivity contribution in [1.82, 2.24) is 25.1 Å². The van der Waals surface area contributed by atoms with Gasteiger partial charge in [-0.1, -0.05) is 17.8 Å². The molecule has 1 saturated heterocycles. The molecule has 0 unspecified atom stereocenters. The van der Waals surface area contributed by atoms with Crippen molar-refractivity contribution in [3.63, 3.8) is 0 Å². The molecule has 1 fully saturated rings. The number of fused-ring (bicyclic) bond motifs is 1. The summed E-state index contributed by atoms with van der Waals surface area (Å²) in [5.41, 5.74) is 2.42. The van der Waals surface area contributed by atoms with Gasteiger partial charge in [0.15, 0.2) is 10.8 Å². The molecular formula is C19H21N5OS. The van der Waals surface area contributed by atoms with Gasteiger partial charge in [-0.15, -0.1) is 10.2 Å². The number of carbonyl (C=O) groups excluding carboxylic acids is 1. The average Bonchev–Trinajstić information content (AvgIpc) is 3.08. The van der Waals surface area contributed by atoms with Gasteiger partial charge >= 0.3 is 0 Å². The Balaban J connectivity index is 1.51. The zero-order valence-electron chi connectivity index (χ0n) is 14.8.